The number of carbonyl (C=O) groups is 1. The number of benzene rings is 2. The molecule has 1 aromatic heterocycles. The molecule has 0 aliphatic carbocycles. The third kappa shape index (κ3) is 4.04. The highest BCUT2D eigenvalue weighted by molar-refractivity contribution is 5.93. The average Bonchev–Trinajstić information content (AvgIpc) is 2.72. The molecule has 1 amide bonds. The Kier molecular flexibility index (Phi) is 5.38. The molecule has 0 bridgehead atoms. The number of carbonyl (C=O) groups excluding carboxylic acids is 1. The van der Waals surface area contributed by atoms with Crippen LogP contribution in [0, 0.1) is 0 Å². The van der Waals surface area contributed by atoms with Gasteiger partial charge in [-0.2, -0.15) is 0 Å². The highest BCUT2D eigenvalue weighted by atomic mass is 16.5. The summed E-state index contributed by atoms with van der Waals surface area (Å²) in [6, 6.07) is 17.0. The first kappa shape index (κ1) is 19.2. The zero-order valence-electron chi connectivity index (χ0n) is 16.8. The molecule has 4 rings (SSSR count). The van der Waals surface area contributed by atoms with Crippen molar-refractivity contribution in [3.05, 3.63) is 65.0 Å². The van der Waals surface area contributed by atoms with Gasteiger partial charge in [0.25, 0.3) is 5.91 Å². The van der Waals surface area contributed by atoms with E-state index >= 15 is 0 Å². The molecule has 1 aliphatic rings. The summed E-state index contributed by atoms with van der Waals surface area (Å²) in [4.78, 5) is 26.7. The number of hydrogen-bond acceptors (Lipinski definition) is 4. The highest BCUT2D eigenvalue weighted by Crippen LogP contribution is 2.30. The molecule has 0 N–H and O–H groups in total. The topological polar surface area (TPSA) is 59.8 Å². The minimum Gasteiger partial charge on any atom is -0.484 e. The van der Waals surface area contributed by atoms with Crippen LogP contribution in [0.4, 0.5) is 0 Å². The molecule has 0 saturated carbocycles. The van der Waals surface area contributed by atoms with Gasteiger partial charge in [-0.05, 0) is 56.4 Å². The normalized spacial score (nSPS) is 19.3. The van der Waals surface area contributed by atoms with Gasteiger partial charge in [0, 0.05) is 29.6 Å². The Balaban J connectivity index is 1.57. The third-order valence-electron chi connectivity index (χ3n) is 5.64. The Bertz CT molecular complexity index is 1060. The predicted molar refractivity (Wildman–Crippen MR) is 113 cm³/mol. The summed E-state index contributed by atoms with van der Waals surface area (Å²) >= 11 is 0. The van der Waals surface area contributed by atoms with Crippen molar-refractivity contribution >= 4 is 16.9 Å². The van der Waals surface area contributed by atoms with E-state index in [1.54, 1.807) is 6.07 Å². The Morgan fingerprint density at radius 1 is 1.07 bits per heavy atom. The zero-order chi connectivity index (χ0) is 20.4. The van der Waals surface area contributed by atoms with Gasteiger partial charge in [-0.15, -0.1) is 0 Å². The maximum atomic E-state index is 12.7. The van der Waals surface area contributed by atoms with E-state index in [-0.39, 0.29) is 24.6 Å². The van der Waals surface area contributed by atoms with Gasteiger partial charge in [-0.1, -0.05) is 30.3 Å². The first-order chi connectivity index (χ1) is 14.0. The number of hydrogen-bond donors (Lipinski definition) is 0. The van der Waals surface area contributed by atoms with Crippen molar-refractivity contribution in [2.45, 2.75) is 45.2 Å². The fourth-order valence-electron chi connectivity index (χ4n) is 4.22. The minimum absolute atomic E-state index is 0.00992. The quantitative estimate of drug-likeness (QED) is 0.609. The van der Waals surface area contributed by atoms with Crippen LogP contribution >= 0.6 is 0 Å². The van der Waals surface area contributed by atoms with E-state index in [1.807, 2.05) is 47.4 Å². The zero-order valence-corrected chi connectivity index (χ0v) is 16.8. The van der Waals surface area contributed by atoms with Crippen molar-refractivity contribution in [3.8, 4) is 16.9 Å². The number of piperidine rings is 1. The third-order valence-corrected chi connectivity index (χ3v) is 5.64. The van der Waals surface area contributed by atoms with Crippen LogP contribution in [0.3, 0.4) is 0 Å². The van der Waals surface area contributed by atoms with E-state index in [0.29, 0.717) is 11.3 Å². The summed E-state index contributed by atoms with van der Waals surface area (Å²) in [5.74, 6) is 0.501. The van der Waals surface area contributed by atoms with Crippen molar-refractivity contribution < 1.29 is 13.9 Å². The van der Waals surface area contributed by atoms with Crippen LogP contribution in [0.2, 0.25) is 0 Å². The lowest BCUT2D eigenvalue weighted by molar-refractivity contribution is -0.139. The van der Waals surface area contributed by atoms with Gasteiger partial charge in [0.1, 0.15) is 11.3 Å². The van der Waals surface area contributed by atoms with Gasteiger partial charge in [0.2, 0.25) is 0 Å². The summed E-state index contributed by atoms with van der Waals surface area (Å²) in [5, 5.41) is 0.827. The summed E-state index contributed by atoms with van der Waals surface area (Å²) in [6.07, 6.45) is 3.21. The molecule has 29 heavy (non-hydrogen) atoms. The van der Waals surface area contributed by atoms with Crippen molar-refractivity contribution in [3.63, 3.8) is 0 Å². The summed E-state index contributed by atoms with van der Waals surface area (Å²) in [7, 11) is 0. The summed E-state index contributed by atoms with van der Waals surface area (Å²) < 4.78 is 11.1. The number of rotatable bonds is 4. The van der Waals surface area contributed by atoms with E-state index < -0.39 is 5.63 Å². The van der Waals surface area contributed by atoms with Gasteiger partial charge in [-0.3, -0.25) is 4.79 Å². The lowest BCUT2D eigenvalue weighted by atomic mass is 9.97. The van der Waals surface area contributed by atoms with E-state index in [2.05, 4.69) is 13.8 Å². The first-order valence-electron chi connectivity index (χ1n) is 10.1. The standard InChI is InChI=1S/C24H25NO4/c1-16-7-6-8-17(2)25(16)23(26)15-28-19-11-12-20-21(18-9-4-3-5-10-18)14-24(27)29-22(20)13-19/h3-5,9-14,16-17H,6-8,15H2,1-2H3/t16-,17-/m1/s1. The van der Waals surface area contributed by atoms with Crippen molar-refractivity contribution in [2.24, 2.45) is 0 Å². The molecule has 0 spiro atoms. The Hall–Kier alpha value is -3.08. The molecule has 150 valence electrons. The van der Waals surface area contributed by atoms with Crippen molar-refractivity contribution in [1.29, 1.82) is 0 Å². The molecule has 1 fully saturated rings. The van der Waals surface area contributed by atoms with Gasteiger partial charge in [0.15, 0.2) is 6.61 Å². The molecule has 1 aliphatic heterocycles. The van der Waals surface area contributed by atoms with Crippen LogP contribution in [-0.4, -0.2) is 29.5 Å². The fourth-order valence-corrected chi connectivity index (χ4v) is 4.22. The molecule has 2 atom stereocenters. The molecule has 2 heterocycles. The van der Waals surface area contributed by atoms with Gasteiger partial charge in [0.05, 0.1) is 0 Å². The van der Waals surface area contributed by atoms with Crippen LogP contribution in [0.1, 0.15) is 33.1 Å². The Morgan fingerprint density at radius 2 is 1.79 bits per heavy atom. The Morgan fingerprint density at radius 3 is 2.52 bits per heavy atom. The SMILES string of the molecule is C[C@@H]1CCC[C@@H](C)N1C(=O)COc1ccc2c(-c3ccccc3)cc(=O)oc2c1. The lowest BCUT2D eigenvalue weighted by Gasteiger charge is -2.38. The number of ether oxygens (including phenoxy) is 1. The fraction of sp³-hybridized carbons (Fsp3) is 0.333. The van der Waals surface area contributed by atoms with Gasteiger partial charge < -0.3 is 14.1 Å². The van der Waals surface area contributed by atoms with E-state index in [0.717, 1.165) is 35.8 Å². The summed E-state index contributed by atoms with van der Waals surface area (Å²) in [5.41, 5.74) is 1.79. The second-order valence-corrected chi connectivity index (χ2v) is 7.72. The highest BCUT2D eigenvalue weighted by Gasteiger charge is 2.29. The van der Waals surface area contributed by atoms with E-state index in [4.69, 9.17) is 9.15 Å². The molecule has 2 aromatic carbocycles. The molecule has 3 aromatic rings. The number of fused-ring (bicyclic) bond motifs is 1. The number of likely N-dealkylation sites (tertiary alicyclic amines) is 1. The number of nitrogens with zero attached hydrogens (tertiary/aromatic N) is 1. The minimum atomic E-state index is -0.416. The van der Waals surface area contributed by atoms with E-state index in [1.165, 1.54) is 6.07 Å². The van der Waals surface area contributed by atoms with E-state index in [9.17, 15) is 9.59 Å². The molecule has 5 nitrogen and oxygen atoms in total. The van der Waals surface area contributed by atoms with Crippen LogP contribution in [-0.2, 0) is 4.79 Å². The molecule has 1 saturated heterocycles. The smallest absolute Gasteiger partial charge is 0.336 e. The second kappa shape index (κ2) is 8.11. The molecular weight excluding hydrogens is 366 g/mol. The van der Waals surface area contributed by atoms with Gasteiger partial charge in [-0.25, -0.2) is 4.79 Å². The first-order valence-corrected chi connectivity index (χ1v) is 10.1. The molecule has 5 heteroatoms. The van der Waals surface area contributed by atoms with Crippen LogP contribution in [0.15, 0.2) is 63.8 Å². The lowest BCUT2D eigenvalue weighted by Crippen LogP contribution is -2.49. The van der Waals surface area contributed by atoms with Crippen LogP contribution < -0.4 is 10.4 Å². The second-order valence-electron chi connectivity index (χ2n) is 7.72. The molecular formula is C24H25NO4. The summed E-state index contributed by atoms with van der Waals surface area (Å²) in [6.45, 7) is 4.15. The van der Waals surface area contributed by atoms with Crippen molar-refractivity contribution in [2.75, 3.05) is 6.61 Å². The molecule has 0 radical (unpaired) electrons. The number of amides is 1. The predicted octanol–water partition coefficient (Wildman–Crippen LogP) is 4.63. The van der Waals surface area contributed by atoms with Crippen molar-refractivity contribution in [1.82, 2.24) is 4.90 Å². The maximum absolute atomic E-state index is 12.7. The van der Waals surface area contributed by atoms with Crippen LogP contribution in [0.5, 0.6) is 5.75 Å². The molecule has 0 unspecified atom stereocenters. The van der Waals surface area contributed by atoms with Crippen LogP contribution in [0.25, 0.3) is 22.1 Å². The van der Waals surface area contributed by atoms with Gasteiger partial charge >= 0.3 is 5.63 Å². The maximum Gasteiger partial charge on any atom is 0.336 e. The average molecular weight is 391 g/mol. The largest absolute Gasteiger partial charge is 0.484 e. The monoisotopic (exact) mass is 391 g/mol. The Labute approximate surface area is 169 Å².